The Morgan fingerprint density at radius 1 is 1.10 bits per heavy atom. The van der Waals surface area contributed by atoms with Crippen LogP contribution in [0.2, 0.25) is 5.02 Å². The average Bonchev–Trinajstić information content (AvgIpc) is 2.75. The van der Waals surface area contributed by atoms with Crippen LogP contribution in [0.25, 0.3) is 16.9 Å². The van der Waals surface area contributed by atoms with Crippen molar-refractivity contribution < 1.29 is 0 Å². The molecule has 0 amide bonds. The lowest BCUT2D eigenvalue weighted by Gasteiger charge is -2.03. The molecule has 0 aliphatic rings. The van der Waals surface area contributed by atoms with Crippen LogP contribution in [0.4, 0.5) is 5.69 Å². The molecule has 3 nitrogen and oxygen atoms in total. The number of anilines is 1. The Hall–Kier alpha value is -2.00. The highest BCUT2D eigenvalue weighted by atomic mass is 35.5. The van der Waals surface area contributed by atoms with Crippen LogP contribution >= 0.6 is 11.6 Å². The van der Waals surface area contributed by atoms with Crippen LogP contribution in [-0.4, -0.2) is 9.38 Å². The Morgan fingerprint density at radius 2 is 1.85 bits per heavy atom. The predicted octanol–water partition coefficient (Wildman–Crippen LogP) is 4.16. The molecule has 0 saturated heterocycles. The maximum absolute atomic E-state index is 6.13. The van der Waals surface area contributed by atoms with Crippen molar-refractivity contribution in [3.63, 3.8) is 0 Å². The fourth-order valence-electron chi connectivity index (χ4n) is 2.40. The first-order valence-corrected chi connectivity index (χ1v) is 6.87. The smallest absolute Gasteiger partial charge is 0.161 e. The molecule has 4 heteroatoms. The number of aryl methyl sites for hydroxylation is 3. The number of aromatic nitrogens is 2. The van der Waals surface area contributed by atoms with Crippen molar-refractivity contribution in [1.82, 2.24) is 9.38 Å². The van der Waals surface area contributed by atoms with Gasteiger partial charge < -0.3 is 10.1 Å². The van der Waals surface area contributed by atoms with Crippen LogP contribution in [0.5, 0.6) is 0 Å². The van der Waals surface area contributed by atoms with Gasteiger partial charge in [0.2, 0.25) is 0 Å². The fourth-order valence-corrected chi connectivity index (χ4v) is 2.52. The van der Waals surface area contributed by atoms with E-state index >= 15 is 0 Å². The predicted molar refractivity (Wildman–Crippen MR) is 84.3 cm³/mol. The van der Waals surface area contributed by atoms with E-state index in [0.717, 1.165) is 44.4 Å². The molecule has 0 unspecified atom stereocenters. The van der Waals surface area contributed by atoms with Gasteiger partial charge in [-0.25, -0.2) is 4.98 Å². The summed E-state index contributed by atoms with van der Waals surface area (Å²) >= 11 is 6.09. The minimum absolute atomic E-state index is 0.729. The van der Waals surface area contributed by atoms with Gasteiger partial charge in [-0.15, -0.1) is 0 Å². The number of nitrogens with zero attached hydrogens (tertiary/aromatic N) is 2. The van der Waals surface area contributed by atoms with Crippen molar-refractivity contribution >= 4 is 22.9 Å². The lowest BCUT2D eigenvalue weighted by atomic mass is 10.1. The normalized spacial score (nSPS) is 11.2. The number of hydrogen-bond donors (Lipinski definition) is 1. The van der Waals surface area contributed by atoms with Crippen LogP contribution in [-0.2, 0) is 0 Å². The van der Waals surface area contributed by atoms with E-state index in [0.29, 0.717) is 0 Å². The number of nitrogens with two attached hydrogens (primary N) is 1. The summed E-state index contributed by atoms with van der Waals surface area (Å²) in [4.78, 5) is 4.71. The summed E-state index contributed by atoms with van der Waals surface area (Å²) < 4.78 is 2.03. The standard InChI is InChI=1S/C16H16ClN3/c1-9-6-7-20-11(3)15(19-16(20)14(9)18)12-4-5-13(17)10(2)8-12/h4-8H,18H2,1-3H3. The van der Waals surface area contributed by atoms with E-state index in [-0.39, 0.29) is 0 Å². The second-order valence-corrected chi connectivity index (χ2v) is 5.52. The fraction of sp³-hybridized carbons (Fsp3) is 0.188. The molecule has 2 heterocycles. The van der Waals surface area contributed by atoms with Gasteiger partial charge in [0.05, 0.1) is 11.4 Å². The van der Waals surface area contributed by atoms with Crippen molar-refractivity contribution in [3.8, 4) is 11.3 Å². The molecule has 3 rings (SSSR count). The summed E-state index contributed by atoms with van der Waals surface area (Å²) in [5, 5.41) is 0.769. The minimum atomic E-state index is 0.729. The van der Waals surface area contributed by atoms with Gasteiger partial charge >= 0.3 is 0 Å². The zero-order valence-corrected chi connectivity index (χ0v) is 12.5. The van der Waals surface area contributed by atoms with E-state index in [4.69, 9.17) is 22.3 Å². The van der Waals surface area contributed by atoms with Crippen LogP contribution in [0.15, 0.2) is 30.5 Å². The molecule has 1 aromatic carbocycles. The van der Waals surface area contributed by atoms with Crippen molar-refractivity contribution in [2.45, 2.75) is 20.8 Å². The molecule has 0 atom stereocenters. The third-order valence-electron chi connectivity index (χ3n) is 3.72. The third kappa shape index (κ3) is 1.86. The van der Waals surface area contributed by atoms with Gasteiger partial charge in [-0.2, -0.15) is 0 Å². The molecule has 0 saturated carbocycles. The summed E-state index contributed by atoms with van der Waals surface area (Å²) in [5.74, 6) is 0. The summed E-state index contributed by atoms with van der Waals surface area (Å²) in [7, 11) is 0. The highest BCUT2D eigenvalue weighted by Crippen LogP contribution is 2.29. The van der Waals surface area contributed by atoms with Crippen molar-refractivity contribution in [1.29, 1.82) is 0 Å². The topological polar surface area (TPSA) is 43.3 Å². The first kappa shape index (κ1) is 13.0. The molecule has 102 valence electrons. The van der Waals surface area contributed by atoms with Crippen LogP contribution in [0.3, 0.4) is 0 Å². The van der Waals surface area contributed by atoms with E-state index in [2.05, 4.69) is 6.07 Å². The average molecular weight is 286 g/mol. The second kappa shape index (κ2) is 4.53. The molecular weight excluding hydrogens is 270 g/mol. The van der Waals surface area contributed by atoms with Crippen molar-refractivity contribution in [2.24, 2.45) is 0 Å². The van der Waals surface area contributed by atoms with Crippen molar-refractivity contribution in [3.05, 3.63) is 52.3 Å². The number of imidazole rings is 1. The van der Waals surface area contributed by atoms with Gasteiger partial charge in [0.15, 0.2) is 5.65 Å². The lowest BCUT2D eigenvalue weighted by Crippen LogP contribution is -1.96. The highest BCUT2D eigenvalue weighted by Gasteiger charge is 2.13. The molecular formula is C16H16ClN3. The Labute approximate surface area is 123 Å². The number of rotatable bonds is 1. The first-order chi connectivity index (χ1) is 9.49. The zero-order chi connectivity index (χ0) is 14.4. The number of halogens is 1. The molecule has 0 aliphatic carbocycles. The second-order valence-electron chi connectivity index (χ2n) is 5.12. The quantitative estimate of drug-likeness (QED) is 0.729. The van der Waals surface area contributed by atoms with Gasteiger partial charge in [0, 0.05) is 22.5 Å². The SMILES string of the molecule is Cc1cc(-c2nc3c(N)c(C)ccn3c2C)ccc1Cl. The van der Waals surface area contributed by atoms with Crippen LogP contribution in [0, 0.1) is 20.8 Å². The van der Waals surface area contributed by atoms with Gasteiger partial charge in [0.1, 0.15) is 0 Å². The van der Waals surface area contributed by atoms with E-state index in [1.54, 1.807) is 0 Å². The monoisotopic (exact) mass is 285 g/mol. The van der Waals surface area contributed by atoms with Gasteiger partial charge in [-0.1, -0.05) is 17.7 Å². The van der Waals surface area contributed by atoms with Crippen molar-refractivity contribution in [2.75, 3.05) is 5.73 Å². The number of fused-ring (bicyclic) bond motifs is 1. The van der Waals surface area contributed by atoms with E-state index in [1.165, 1.54) is 0 Å². The Bertz CT molecular complexity index is 818. The Morgan fingerprint density at radius 3 is 2.55 bits per heavy atom. The van der Waals surface area contributed by atoms with E-state index in [9.17, 15) is 0 Å². The van der Waals surface area contributed by atoms with Crippen LogP contribution < -0.4 is 5.73 Å². The highest BCUT2D eigenvalue weighted by molar-refractivity contribution is 6.31. The summed E-state index contributed by atoms with van der Waals surface area (Å²) in [6.07, 6.45) is 2.01. The van der Waals surface area contributed by atoms with Crippen LogP contribution in [0.1, 0.15) is 16.8 Å². The Balaban J connectivity index is 2.29. The molecule has 3 aromatic rings. The molecule has 0 radical (unpaired) electrons. The van der Waals surface area contributed by atoms with Gasteiger partial charge in [0.25, 0.3) is 0 Å². The van der Waals surface area contributed by atoms with Gasteiger partial charge in [-0.05, 0) is 50.1 Å². The number of hydrogen-bond acceptors (Lipinski definition) is 2. The molecule has 2 N–H and O–H groups in total. The molecule has 0 aliphatic heterocycles. The number of benzene rings is 1. The molecule has 2 aromatic heterocycles. The first-order valence-electron chi connectivity index (χ1n) is 6.49. The Kier molecular flexibility index (Phi) is 2.94. The molecule has 0 bridgehead atoms. The van der Waals surface area contributed by atoms with E-state index < -0.39 is 0 Å². The zero-order valence-electron chi connectivity index (χ0n) is 11.7. The summed E-state index contributed by atoms with van der Waals surface area (Å²) in [6.45, 7) is 6.04. The molecule has 0 spiro atoms. The maximum atomic E-state index is 6.13. The third-order valence-corrected chi connectivity index (χ3v) is 4.14. The largest absolute Gasteiger partial charge is 0.395 e. The number of nitrogen functional groups attached to an aromatic ring is 1. The maximum Gasteiger partial charge on any atom is 0.161 e. The summed E-state index contributed by atoms with van der Waals surface area (Å²) in [6, 6.07) is 7.96. The van der Waals surface area contributed by atoms with E-state index in [1.807, 2.05) is 49.6 Å². The molecule has 20 heavy (non-hydrogen) atoms. The molecule has 0 fully saturated rings. The van der Waals surface area contributed by atoms with Gasteiger partial charge in [-0.3, -0.25) is 0 Å². The minimum Gasteiger partial charge on any atom is -0.395 e. The summed E-state index contributed by atoms with van der Waals surface area (Å²) in [5.41, 5.74) is 12.8. The lowest BCUT2D eigenvalue weighted by molar-refractivity contribution is 1.10. The number of pyridine rings is 1.